The normalized spacial score (nSPS) is 9.38. The van der Waals surface area contributed by atoms with E-state index >= 15 is 0 Å². The molecule has 1 rings (SSSR count). The minimum atomic E-state index is -0.518. The largest absolute Gasteiger partial charge is 2.00 e. The monoisotopic (exact) mass is 213 g/mol. The molecule has 0 saturated carbocycles. The Hall–Kier alpha value is -0.170. The molecule has 0 aliphatic rings. The second-order valence-corrected chi connectivity index (χ2v) is 2.30. The first-order valence-electron chi connectivity index (χ1n) is 3.44. The maximum atomic E-state index is 10.4. The first kappa shape index (κ1) is 12.8. The SMILES string of the molecule is Cc1ncc([N+](=O)[O-])n1CCO.[Ca+2].[H-].[H-]. The summed E-state index contributed by atoms with van der Waals surface area (Å²) in [7, 11) is 0. The van der Waals surface area contributed by atoms with Crippen LogP contribution in [0, 0.1) is 17.0 Å². The van der Waals surface area contributed by atoms with E-state index in [1.807, 2.05) is 0 Å². The summed E-state index contributed by atoms with van der Waals surface area (Å²) in [6, 6.07) is 0. The fourth-order valence-electron chi connectivity index (χ4n) is 0.978. The molecular formula is C6H11CaN3O3. The van der Waals surface area contributed by atoms with Crippen LogP contribution in [0.1, 0.15) is 8.68 Å². The average Bonchev–Trinajstić information content (AvgIpc) is 2.34. The topological polar surface area (TPSA) is 81.2 Å². The number of hydrogen-bond donors (Lipinski definition) is 1. The summed E-state index contributed by atoms with van der Waals surface area (Å²) in [5.74, 6) is 0.456. The van der Waals surface area contributed by atoms with Crippen LogP contribution in [0.4, 0.5) is 5.82 Å². The molecule has 70 valence electrons. The Morgan fingerprint density at radius 3 is 2.92 bits per heavy atom. The van der Waals surface area contributed by atoms with Gasteiger partial charge in [-0.25, -0.2) is 9.55 Å². The van der Waals surface area contributed by atoms with E-state index in [2.05, 4.69) is 4.98 Å². The fraction of sp³-hybridized carbons (Fsp3) is 0.500. The molecule has 0 fully saturated rings. The summed E-state index contributed by atoms with van der Waals surface area (Å²) in [4.78, 5) is 13.6. The molecule has 0 bridgehead atoms. The molecule has 0 aromatic carbocycles. The third-order valence-electron chi connectivity index (χ3n) is 1.54. The van der Waals surface area contributed by atoms with Gasteiger partial charge >= 0.3 is 43.6 Å². The van der Waals surface area contributed by atoms with Crippen LogP contribution in [0.3, 0.4) is 0 Å². The van der Waals surface area contributed by atoms with E-state index in [4.69, 9.17) is 5.11 Å². The quantitative estimate of drug-likeness (QED) is 0.433. The number of nitrogens with zero attached hydrogens (tertiary/aromatic N) is 3. The van der Waals surface area contributed by atoms with Gasteiger partial charge in [-0.2, -0.15) is 0 Å². The Balaban J connectivity index is -0.000000480. The molecular weight excluding hydrogens is 202 g/mol. The molecule has 1 heterocycles. The predicted octanol–water partition coefficient (Wildman–Crippen LogP) is -0.0638. The van der Waals surface area contributed by atoms with Gasteiger partial charge in [0.2, 0.25) is 0 Å². The molecule has 13 heavy (non-hydrogen) atoms. The Kier molecular flexibility index (Phi) is 5.46. The number of nitro groups is 1. The first-order chi connectivity index (χ1) is 5.66. The van der Waals surface area contributed by atoms with E-state index in [0.717, 1.165) is 0 Å². The van der Waals surface area contributed by atoms with Gasteiger partial charge in [0.25, 0.3) is 0 Å². The molecule has 0 unspecified atom stereocenters. The Bertz CT molecular complexity index is 308. The maximum absolute atomic E-state index is 10.4. The molecule has 0 amide bonds. The number of hydrogen-bond acceptors (Lipinski definition) is 4. The number of rotatable bonds is 3. The minimum absolute atomic E-state index is 0. The third kappa shape index (κ3) is 2.91. The van der Waals surface area contributed by atoms with Crippen LogP contribution in [0.5, 0.6) is 0 Å². The second kappa shape index (κ2) is 5.54. The molecule has 1 aromatic rings. The van der Waals surface area contributed by atoms with Crippen molar-refractivity contribution < 1.29 is 12.9 Å². The Morgan fingerprint density at radius 2 is 2.46 bits per heavy atom. The van der Waals surface area contributed by atoms with Gasteiger partial charge in [-0.3, -0.25) is 0 Å². The van der Waals surface area contributed by atoms with Gasteiger partial charge < -0.3 is 18.1 Å². The van der Waals surface area contributed by atoms with Gasteiger partial charge in [0, 0.05) is 6.92 Å². The number of imidazole rings is 1. The van der Waals surface area contributed by atoms with Gasteiger partial charge in [-0.15, -0.1) is 0 Å². The number of aryl methyl sites for hydroxylation is 1. The zero-order valence-electron chi connectivity index (χ0n) is 9.30. The number of aliphatic hydroxyl groups excluding tert-OH is 1. The van der Waals surface area contributed by atoms with Crippen LogP contribution in [-0.4, -0.2) is 63.9 Å². The van der Waals surface area contributed by atoms with E-state index in [1.54, 1.807) is 6.92 Å². The molecule has 1 N–H and O–H groups in total. The predicted molar refractivity (Wildman–Crippen MR) is 48.7 cm³/mol. The van der Waals surface area contributed by atoms with Gasteiger partial charge in [0.1, 0.15) is 12.7 Å². The second-order valence-electron chi connectivity index (χ2n) is 2.30. The van der Waals surface area contributed by atoms with Gasteiger partial charge in [-0.05, 0) is 4.92 Å². The molecule has 0 atom stereocenters. The third-order valence-corrected chi connectivity index (χ3v) is 1.54. The number of aliphatic hydroxyl groups is 1. The van der Waals surface area contributed by atoms with Crippen molar-refractivity contribution in [3.8, 4) is 0 Å². The van der Waals surface area contributed by atoms with Crippen LogP contribution < -0.4 is 0 Å². The summed E-state index contributed by atoms with van der Waals surface area (Å²) >= 11 is 0. The molecule has 1 aromatic heterocycles. The molecule has 6 nitrogen and oxygen atoms in total. The Morgan fingerprint density at radius 1 is 1.85 bits per heavy atom. The van der Waals surface area contributed by atoms with Crippen LogP contribution in [0.15, 0.2) is 6.20 Å². The maximum Gasteiger partial charge on any atom is 2.00 e. The smallest absolute Gasteiger partial charge is 1.00 e. The summed E-state index contributed by atoms with van der Waals surface area (Å²) < 4.78 is 1.36. The molecule has 0 radical (unpaired) electrons. The van der Waals surface area contributed by atoms with Crippen molar-refractivity contribution in [2.75, 3.05) is 6.61 Å². The standard InChI is InChI=1S/C6H9N3O3.Ca.2H/c1-5-7-4-6(9(11)12)8(5)2-3-10;;;/h4,10H,2-3H2,1H3;;;/q;+2;2*-1. The molecule has 0 saturated heterocycles. The van der Waals surface area contributed by atoms with Crippen molar-refractivity contribution in [1.29, 1.82) is 0 Å². The molecule has 0 aliphatic carbocycles. The van der Waals surface area contributed by atoms with Gasteiger partial charge in [0.15, 0.2) is 5.82 Å². The van der Waals surface area contributed by atoms with Crippen molar-refractivity contribution in [1.82, 2.24) is 9.55 Å². The summed E-state index contributed by atoms with van der Waals surface area (Å²) in [6.45, 7) is 1.74. The van der Waals surface area contributed by atoms with Crippen LogP contribution >= 0.6 is 0 Å². The molecule has 0 spiro atoms. The van der Waals surface area contributed by atoms with Crippen LogP contribution in [0.2, 0.25) is 0 Å². The van der Waals surface area contributed by atoms with E-state index in [1.165, 1.54) is 10.8 Å². The van der Waals surface area contributed by atoms with Crippen molar-refractivity contribution in [3.63, 3.8) is 0 Å². The average molecular weight is 213 g/mol. The Labute approximate surface area is 108 Å². The van der Waals surface area contributed by atoms with Crippen LogP contribution in [0.25, 0.3) is 0 Å². The zero-order valence-corrected chi connectivity index (χ0v) is 9.51. The minimum Gasteiger partial charge on any atom is -1.00 e. The van der Waals surface area contributed by atoms with Gasteiger partial charge in [-0.1, -0.05) is 0 Å². The van der Waals surface area contributed by atoms with Crippen molar-refractivity contribution in [2.24, 2.45) is 0 Å². The van der Waals surface area contributed by atoms with Crippen LogP contribution in [-0.2, 0) is 6.54 Å². The first-order valence-corrected chi connectivity index (χ1v) is 3.44. The summed E-state index contributed by atoms with van der Waals surface area (Å²) in [6.07, 6.45) is 1.19. The van der Waals surface area contributed by atoms with Crippen molar-refractivity contribution >= 4 is 43.6 Å². The van der Waals surface area contributed by atoms with E-state index in [9.17, 15) is 10.1 Å². The van der Waals surface area contributed by atoms with E-state index in [0.29, 0.717) is 5.82 Å². The van der Waals surface area contributed by atoms with E-state index in [-0.39, 0.29) is 59.6 Å². The molecule has 7 heteroatoms. The molecule has 0 aliphatic heterocycles. The summed E-state index contributed by atoms with van der Waals surface area (Å²) in [5, 5.41) is 19.0. The number of aromatic nitrogens is 2. The van der Waals surface area contributed by atoms with E-state index < -0.39 is 4.92 Å². The van der Waals surface area contributed by atoms with Gasteiger partial charge in [0.05, 0.1) is 6.61 Å². The van der Waals surface area contributed by atoms with Crippen molar-refractivity contribution in [3.05, 3.63) is 22.1 Å². The van der Waals surface area contributed by atoms with Crippen molar-refractivity contribution in [2.45, 2.75) is 13.5 Å². The summed E-state index contributed by atoms with van der Waals surface area (Å²) in [5.41, 5.74) is 0. The zero-order chi connectivity index (χ0) is 9.14. The fourth-order valence-corrected chi connectivity index (χ4v) is 0.978.